The first kappa shape index (κ1) is 12.1. The van der Waals surface area contributed by atoms with Gasteiger partial charge < -0.3 is 0 Å². The summed E-state index contributed by atoms with van der Waals surface area (Å²) < 4.78 is 0. The summed E-state index contributed by atoms with van der Waals surface area (Å²) >= 11 is 0. The molecule has 16 heavy (non-hydrogen) atoms. The van der Waals surface area contributed by atoms with Gasteiger partial charge in [-0.1, -0.05) is 39.5 Å². The van der Waals surface area contributed by atoms with E-state index in [1.807, 2.05) is 0 Å². The first-order chi connectivity index (χ1) is 7.57. The molecule has 0 saturated heterocycles. The van der Waals surface area contributed by atoms with E-state index in [9.17, 15) is 4.79 Å². The molecule has 2 fully saturated rings. The predicted molar refractivity (Wildman–Crippen MR) is 67.3 cm³/mol. The second-order valence-corrected chi connectivity index (χ2v) is 6.76. The molecule has 0 heterocycles. The van der Waals surface area contributed by atoms with Crippen LogP contribution in [0, 0.1) is 17.3 Å². The Labute approximate surface area is 100.0 Å². The monoisotopic (exact) mass is 222 g/mol. The molecule has 2 rings (SSSR count). The van der Waals surface area contributed by atoms with E-state index < -0.39 is 0 Å². The first-order valence-electron chi connectivity index (χ1n) is 7.09. The lowest BCUT2D eigenvalue weighted by Crippen LogP contribution is -2.27. The summed E-state index contributed by atoms with van der Waals surface area (Å²) in [7, 11) is 0. The topological polar surface area (TPSA) is 17.1 Å². The van der Waals surface area contributed by atoms with Crippen molar-refractivity contribution in [3.05, 3.63) is 0 Å². The van der Waals surface area contributed by atoms with E-state index in [0.29, 0.717) is 17.1 Å². The molecule has 1 nitrogen and oxygen atoms in total. The molecule has 0 atom stereocenters. The second-order valence-electron chi connectivity index (χ2n) is 6.76. The smallest absolute Gasteiger partial charge is 0.136 e. The quantitative estimate of drug-likeness (QED) is 0.693. The highest BCUT2D eigenvalue weighted by molar-refractivity contribution is 5.81. The van der Waals surface area contributed by atoms with Gasteiger partial charge in [0.05, 0.1) is 0 Å². The molecule has 0 amide bonds. The molecule has 0 aliphatic heterocycles. The molecule has 0 unspecified atom stereocenters. The SMILES string of the molecule is CC1(C)CCC(C(=O)CC2CCCC2)CC1. The van der Waals surface area contributed by atoms with E-state index in [0.717, 1.165) is 25.2 Å². The van der Waals surface area contributed by atoms with Crippen LogP contribution in [0.25, 0.3) is 0 Å². The largest absolute Gasteiger partial charge is 0.299 e. The molecule has 92 valence electrons. The van der Waals surface area contributed by atoms with Gasteiger partial charge in [-0.3, -0.25) is 4.79 Å². The van der Waals surface area contributed by atoms with E-state index in [1.54, 1.807) is 0 Å². The van der Waals surface area contributed by atoms with Gasteiger partial charge in [-0.05, 0) is 37.0 Å². The molecule has 0 N–H and O–H groups in total. The normalized spacial score (nSPS) is 27.1. The van der Waals surface area contributed by atoms with Crippen LogP contribution in [0.5, 0.6) is 0 Å². The van der Waals surface area contributed by atoms with Crippen LogP contribution in [0.15, 0.2) is 0 Å². The van der Waals surface area contributed by atoms with Crippen LogP contribution < -0.4 is 0 Å². The zero-order valence-electron chi connectivity index (χ0n) is 10.9. The van der Waals surface area contributed by atoms with Crippen LogP contribution in [-0.2, 0) is 4.79 Å². The number of rotatable bonds is 3. The molecule has 0 aromatic rings. The Balaban J connectivity index is 1.77. The summed E-state index contributed by atoms with van der Waals surface area (Å²) in [4.78, 5) is 12.2. The van der Waals surface area contributed by atoms with Crippen molar-refractivity contribution < 1.29 is 4.79 Å². The van der Waals surface area contributed by atoms with Gasteiger partial charge in [-0.25, -0.2) is 0 Å². The summed E-state index contributed by atoms with van der Waals surface area (Å²) in [5.41, 5.74) is 0.490. The summed E-state index contributed by atoms with van der Waals surface area (Å²) in [5.74, 6) is 1.73. The highest BCUT2D eigenvalue weighted by atomic mass is 16.1. The van der Waals surface area contributed by atoms with Crippen molar-refractivity contribution in [1.82, 2.24) is 0 Å². The van der Waals surface area contributed by atoms with Gasteiger partial charge in [0, 0.05) is 12.3 Å². The zero-order valence-corrected chi connectivity index (χ0v) is 10.9. The Morgan fingerprint density at radius 3 is 2.19 bits per heavy atom. The Hall–Kier alpha value is -0.330. The Morgan fingerprint density at radius 2 is 1.62 bits per heavy atom. The first-order valence-corrected chi connectivity index (χ1v) is 7.09. The minimum atomic E-state index is 0.411. The maximum atomic E-state index is 12.2. The molecule has 2 aliphatic carbocycles. The summed E-state index contributed by atoms with van der Waals surface area (Å²) in [6.07, 6.45) is 11.0. The Kier molecular flexibility index (Phi) is 3.71. The summed E-state index contributed by atoms with van der Waals surface area (Å²) in [6.45, 7) is 4.68. The third-order valence-electron chi connectivity index (χ3n) is 4.76. The van der Waals surface area contributed by atoms with Crippen molar-refractivity contribution in [2.24, 2.45) is 17.3 Å². The van der Waals surface area contributed by atoms with E-state index in [4.69, 9.17) is 0 Å². The number of hydrogen-bond donors (Lipinski definition) is 0. The third kappa shape index (κ3) is 3.09. The number of hydrogen-bond acceptors (Lipinski definition) is 1. The number of Topliss-reactive ketones (excluding diaryl/α,β-unsaturated/α-hetero) is 1. The average molecular weight is 222 g/mol. The second kappa shape index (κ2) is 4.89. The van der Waals surface area contributed by atoms with E-state index >= 15 is 0 Å². The number of carbonyl (C=O) groups is 1. The standard InChI is InChI=1S/C15H26O/c1-15(2)9-7-13(8-10-15)14(16)11-12-5-3-4-6-12/h12-13H,3-11H2,1-2H3. The van der Waals surface area contributed by atoms with Crippen LogP contribution in [-0.4, -0.2) is 5.78 Å². The van der Waals surface area contributed by atoms with Gasteiger partial charge in [0.2, 0.25) is 0 Å². The lowest BCUT2D eigenvalue weighted by Gasteiger charge is -2.33. The van der Waals surface area contributed by atoms with Crippen molar-refractivity contribution in [3.63, 3.8) is 0 Å². The Morgan fingerprint density at radius 1 is 1.06 bits per heavy atom. The molecule has 2 saturated carbocycles. The molecule has 0 spiro atoms. The van der Waals surface area contributed by atoms with Crippen LogP contribution in [0.2, 0.25) is 0 Å². The van der Waals surface area contributed by atoms with Gasteiger partial charge in [0.15, 0.2) is 0 Å². The predicted octanol–water partition coefficient (Wildman–Crippen LogP) is 4.35. The van der Waals surface area contributed by atoms with Crippen LogP contribution >= 0.6 is 0 Å². The number of carbonyl (C=O) groups excluding carboxylic acids is 1. The van der Waals surface area contributed by atoms with Gasteiger partial charge >= 0.3 is 0 Å². The molecule has 0 bridgehead atoms. The van der Waals surface area contributed by atoms with Crippen LogP contribution in [0.1, 0.15) is 71.6 Å². The fourth-order valence-corrected chi connectivity index (χ4v) is 3.39. The van der Waals surface area contributed by atoms with E-state index in [2.05, 4.69) is 13.8 Å². The minimum absolute atomic E-state index is 0.411. The van der Waals surface area contributed by atoms with Crippen molar-refractivity contribution in [2.45, 2.75) is 71.6 Å². The molecule has 1 heteroatoms. The molecule has 0 radical (unpaired) electrons. The van der Waals surface area contributed by atoms with Gasteiger partial charge in [0.1, 0.15) is 5.78 Å². The Bertz CT molecular complexity index is 238. The summed E-state index contributed by atoms with van der Waals surface area (Å²) in [6, 6.07) is 0. The fourth-order valence-electron chi connectivity index (χ4n) is 3.39. The van der Waals surface area contributed by atoms with Crippen LogP contribution in [0.3, 0.4) is 0 Å². The molecular weight excluding hydrogens is 196 g/mol. The average Bonchev–Trinajstić information content (AvgIpc) is 2.70. The lowest BCUT2D eigenvalue weighted by molar-refractivity contribution is -0.125. The van der Waals surface area contributed by atoms with Crippen molar-refractivity contribution in [2.75, 3.05) is 0 Å². The van der Waals surface area contributed by atoms with E-state index in [1.165, 1.54) is 38.5 Å². The third-order valence-corrected chi connectivity index (χ3v) is 4.76. The zero-order chi connectivity index (χ0) is 11.6. The van der Waals surface area contributed by atoms with Crippen molar-refractivity contribution >= 4 is 5.78 Å². The fraction of sp³-hybridized carbons (Fsp3) is 0.933. The van der Waals surface area contributed by atoms with Gasteiger partial charge in [-0.15, -0.1) is 0 Å². The van der Waals surface area contributed by atoms with Crippen molar-refractivity contribution in [3.8, 4) is 0 Å². The maximum Gasteiger partial charge on any atom is 0.136 e. The highest BCUT2D eigenvalue weighted by Gasteiger charge is 2.31. The number of ketones is 1. The minimum Gasteiger partial charge on any atom is -0.299 e. The molecule has 0 aromatic carbocycles. The van der Waals surface area contributed by atoms with Crippen LogP contribution in [0.4, 0.5) is 0 Å². The molecular formula is C15H26O. The van der Waals surface area contributed by atoms with E-state index in [-0.39, 0.29) is 0 Å². The van der Waals surface area contributed by atoms with Gasteiger partial charge in [-0.2, -0.15) is 0 Å². The van der Waals surface area contributed by atoms with Crippen molar-refractivity contribution in [1.29, 1.82) is 0 Å². The summed E-state index contributed by atoms with van der Waals surface area (Å²) in [5, 5.41) is 0. The highest BCUT2D eigenvalue weighted by Crippen LogP contribution is 2.39. The molecule has 0 aromatic heterocycles. The lowest BCUT2D eigenvalue weighted by atomic mass is 9.71. The van der Waals surface area contributed by atoms with Gasteiger partial charge in [0.25, 0.3) is 0 Å². The maximum absolute atomic E-state index is 12.2. The molecule has 2 aliphatic rings.